The number of hydrogen-bond acceptors (Lipinski definition) is 16. The highest BCUT2D eigenvalue weighted by Crippen LogP contribution is 2.35. The van der Waals surface area contributed by atoms with Gasteiger partial charge in [0.15, 0.2) is 24.6 Å². The monoisotopic (exact) mass is 1210 g/mol. The summed E-state index contributed by atoms with van der Waals surface area (Å²) >= 11 is 0. The van der Waals surface area contributed by atoms with E-state index in [0.29, 0.717) is 36.5 Å². The standard InChI is InChI=1S/C65H124O17S/c1-10-12-14-16-18-20-22-24-26-28-30-32-34-36-53(68)51(8)42-49(6)40-47(4)38-46(3)39-48(5)41-50(7)43-52(9)63(73)80-60-58(71)55(45-67)78-65(81-64-61(82-83(74,75)76)59(72)57(70)54(44-66)77-64)62(60)79-56(69)37-35-33-31-29-27-25-23-21-19-17-15-13-11-2/h46-55,57-62,64-68,70-72H,10-45H2,1-9H3,(H,74,75,76). The quantitative estimate of drug-likeness (QED) is 0.0170. The van der Waals surface area contributed by atoms with Gasteiger partial charge >= 0.3 is 22.3 Å². The van der Waals surface area contributed by atoms with Gasteiger partial charge < -0.3 is 54.3 Å². The Kier molecular flexibility index (Phi) is 41.9. The summed E-state index contributed by atoms with van der Waals surface area (Å²) in [5.74, 6) is 0.146. The highest BCUT2D eigenvalue weighted by atomic mass is 32.3. The molecule has 0 aromatic rings. The summed E-state index contributed by atoms with van der Waals surface area (Å²) < 4.78 is 67.3. The maximum atomic E-state index is 14.1. The molecule has 0 spiro atoms. The Morgan fingerprint density at radius 2 is 0.843 bits per heavy atom. The molecule has 17 nitrogen and oxygen atoms in total. The molecule has 18 atom stereocenters. The van der Waals surface area contributed by atoms with Gasteiger partial charge in [0.25, 0.3) is 0 Å². The summed E-state index contributed by atoms with van der Waals surface area (Å²) in [5.41, 5.74) is 0. The Morgan fingerprint density at radius 3 is 1.27 bits per heavy atom. The van der Waals surface area contributed by atoms with E-state index in [1.54, 1.807) is 6.92 Å². The molecular weight excluding hydrogens is 1080 g/mol. The lowest BCUT2D eigenvalue weighted by Gasteiger charge is -2.46. The van der Waals surface area contributed by atoms with E-state index in [0.717, 1.165) is 77.0 Å². The van der Waals surface area contributed by atoms with Gasteiger partial charge in [-0.3, -0.25) is 14.1 Å². The molecular formula is C65H124O17S. The molecule has 0 bridgehead atoms. The van der Waals surface area contributed by atoms with Crippen LogP contribution in [0.1, 0.15) is 281 Å². The topological polar surface area (TPSA) is 265 Å². The van der Waals surface area contributed by atoms with Crippen molar-refractivity contribution in [1.82, 2.24) is 0 Å². The molecule has 2 aliphatic rings. The van der Waals surface area contributed by atoms with Gasteiger partial charge in [-0.1, -0.05) is 223 Å². The zero-order valence-corrected chi connectivity index (χ0v) is 54.3. The lowest BCUT2D eigenvalue weighted by molar-refractivity contribution is -0.374. The Balaban J connectivity index is 1.99. The number of unbranched alkanes of at least 4 members (excludes halogenated alkanes) is 24. The molecule has 2 saturated heterocycles. The molecule has 2 rings (SSSR count). The molecule has 0 aromatic carbocycles. The second kappa shape index (κ2) is 44.8. The molecule has 0 aromatic heterocycles. The molecule has 7 N–H and O–H groups in total. The van der Waals surface area contributed by atoms with Crippen molar-refractivity contribution in [3.05, 3.63) is 0 Å². The molecule has 2 heterocycles. The van der Waals surface area contributed by atoms with E-state index in [-0.39, 0.29) is 24.4 Å². The van der Waals surface area contributed by atoms with Gasteiger partial charge in [0.1, 0.15) is 30.5 Å². The predicted octanol–water partition coefficient (Wildman–Crippen LogP) is 12.6. The minimum Gasteiger partial charge on any atom is -0.455 e. The van der Waals surface area contributed by atoms with Gasteiger partial charge in [0.05, 0.1) is 25.2 Å². The molecule has 492 valence electrons. The van der Waals surface area contributed by atoms with Gasteiger partial charge in [0.2, 0.25) is 6.29 Å². The Morgan fingerprint density at radius 1 is 0.470 bits per heavy atom. The normalized spacial score (nSPS) is 26.2. The van der Waals surface area contributed by atoms with E-state index in [9.17, 15) is 53.2 Å². The number of esters is 2. The second-order valence-corrected chi connectivity index (χ2v) is 27.4. The zero-order chi connectivity index (χ0) is 61.7. The van der Waals surface area contributed by atoms with Crippen LogP contribution >= 0.6 is 0 Å². The van der Waals surface area contributed by atoms with Gasteiger partial charge in [-0.05, 0) is 86.9 Å². The molecule has 0 amide bonds. The van der Waals surface area contributed by atoms with Crippen molar-refractivity contribution in [2.24, 2.45) is 41.4 Å². The van der Waals surface area contributed by atoms with Crippen LogP contribution in [-0.4, -0.2) is 136 Å². The molecule has 18 unspecified atom stereocenters. The van der Waals surface area contributed by atoms with Gasteiger partial charge in [-0.25, -0.2) is 4.18 Å². The number of hydrogen-bond donors (Lipinski definition) is 7. The number of rotatable bonds is 50. The minimum absolute atomic E-state index is 0.0558. The first-order valence-electron chi connectivity index (χ1n) is 33.5. The number of aliphatic hydroxyl groups excluding tert-OH is 6. The zero-order valence-electron chi connectivity index (χ0n) is 53.5. The van der Waals surface area contributed by atoms with E-state index in [2.05, 4.69) is 59.6 Å². The average molecular weight is 1210 g/mol. The van der Waals surface area contributed by atoms with Crippen LogP contribution in [0.25, 0.3) is 0 Å². The lowest BCUT2D eigenvalue weighted by atomic mass is 9.80. The van der Waals surface area contributed by atoms with Crippen LogP contribution in [0.2, 0.25) is 0 Å². The second-order valence-electron chi connectivity index (χ2n) is 26.3. The maximum Gasteiger partial charge on any atom is 0.397 e. The van der Waals surface area contributed by atoms with E-state index in [1.807, 2.05) is 0 Å². The maximum absolute atomic E-state index is 14.1. The average Bonchev–Trinajstić information content (AvgIpc) is 3.26. The molecule has 0 saturated carbocycles. The van der Waals surface area contributed by atoms with Gasteiger partial charge in [0, 0.05) is 6.42 Å². The van der Waals surface area contributed by atoms with Crippen LogP contribution in [0.4, 0.5) is 0 Å². The molecule has 18 heteroatoms. The smallest absolute Gasteiger partial charge is 0.397 e. The van der Waals surface area contributed by atoms with E-state index in [1.165, 1.54) is 122 Å². The Labute approximate surface area is 504 Å². The van der Waals surface area contributed by atoms with Crippen molar-refractivity contribution in [3.8, 4) is 0 Å². The molecule has 2 fully saturated rings. The van der Waals surface area contributed by atoms with Crippen molar-refractivity contribution in [1.29, 1.82) is 0 Å². The van der Waals surface area contributed by atoms with Crippen LogP contribution in [0.15, 0.2) is 0 Å². The van der Waals surface area contributed by atoms with Crippen LogP contribution in [0.3, 0.4) is 0 Å². The van der Waals surface area contributed by atoms with Crippen molar-refractivity contribution >= 4 is 22.3 Å². The number of aliphatic hydroxyl groups is 6. The summed E-state index contributed by atoms with van der Waals surface area (Å²) in [7, 11) is -5.32. The summed E-state index contributed by atoms with van der Waals surface area (Å²) in [6.45, 7) is 18.0. The van der Waals surface area contributed by atoms with Crippen molar-refractivity contribution < 1.29 is 81.1 Å². The number of carbonyl (C=O) groups excluding carboxylic acids is 2. The molecule has 2 aliphatic heterocycles. The summed E-state index contributed by atoms with van der Waals surface area (Å²) in [5, 5.41) is 64.3. The van der Waals surface area contributed by atoms with Crippen LogP contribution in [0, 0.1) is 41.4 Å². The SMILES string of the molecule is CCCCCCCCCCCCCCCC(=O)OC1C(OC2OC(CO)C(O)C(O)C2OS(=O)(=O)O)OC(CO)C(O)C1OC(=O)C(C)CC(C)CC(C)CC(C)CC(C)CC(C)CC(C)C(O)CCCCCCCCCCCCCCC. The van der Waals surface area contributed by atoms with Crippen LogP contribution in [0.5, 0.6) is 0 Å². The third-order valence-electron chi connectivity index (χ3n) is 17.5. The fourth-order valence-corrected chi connectivity index (χ4v) is 13.6. The first-order chi connectivity index (χ1) is 39.5. The van der Waals surface area contributed by atoms with E-state index < -0.39 is 103 Å². The summed E-state index contributed by atoms with van der Waals surface area (Å²) in [4.78, 5) is 27.7. The number of ether oxygens (including phenoxy) is 5. The van der Waals surface area contributed by atoms with E-state index in [4.69, 9.17) is 23.7 Å². The minimum atomic E-state index is -5.32. The predicted molar refractivity (Wildman–Crippen MR) is 325 cm³/mol. The summed E-state index contributed by atoms with van der Waals surface area (Å²) in [6, 6.07) is 0. The summed E-state index contributed by atoms with van der Waals surface area (Å²) in [6.07, 6.45) is 19.2. The molecule has 83 heavy (non-hydrogen) atoms. The van der Waals surface area contributed by atoms with Gasteiger partial charge in [-0.2, -0.15) is 8.42 Å². The molecule has 0 aliphatic carbocycles. The highest BCUT2D eigenvalue weighted by Gasteiger charge is 2.55. The first kappa shape index (κ1) is 77.5. The lowest BCUT2D eigenvalue weighted by Crippen LogP contribution is -2.65. The Hall–Kier alpha value is -1.55. The Bertz CT molecular complexity index is 1740. The van der Waals surface area contributed by atoms with Crippen molar-refractivity contribution in [2.45, 2.75) is 348 Å². The van der Waals surface area contributed by atoms with Crippen molar-refractivity contribution in [2.75, 3.05) is 13.2 Å². The largest absolute Gasteiger partial charge is 0.455 e. The fraction of sp³-hybridized carbons (Fsp3) is 0.969. The molecule has 0 radical (unpaired) electrons. The van der Waals surface area contributed by atoms with Crippen molar-refractivity contribution in [3.63, 3.8) is 0 Å². The van der Waals surface area contributed by atoms with Crippen LogP contribution in [-0.2, 0) is 47.9 Å². The third kappa shape index (κ3) is 33.6. The van der Waals surface area contributed by atoms with Crippen LogP contribution < -0.4 is 0 Å². The number of carbonyl (C=O) groups is 2. The fourth-order valence-electron chi connectivity index (χ4n) is 13.1. The van der Waals surface area contributed by atoms with Gasteiger partial charge in [-0.15, -0.1) is 0 Å². The first-order valence-corrected chi connectivity index (χ1v) is 34.9. The van der Waals surface area contributed by atoms with E-state index >= 15 is 0 Å². The third-order valence-corrected chi connectivity index (χ3v) is 18.0. The highest BCUT2D eigenvalue weighted by molar-refractivity contribution is 7.80.